The highest BCUT2D eigenvalue weighted by Gasteiger charge is 2.30. The first-order chi connectivity index (χ1) is 8.60. The van der Waals surface area contributed by atoms with Crippen LogP contribution in [0.3, 0.4) is 0 Å². The van der Waals surface area contributed by atoms with Crippen molar-refractivity contribution in [1.29, 1.82) is 0 Å². The first-order valence-corrected chi connectivity index (χ1v) is 5.98. The van der Waals surface area contributed by atoms with Gasteiger partial charge >= 0.3 is 5.97 Å². The Balaban J connectivity index is 1.97. The second-order valence-corrected chi connectivity index (χ2v) is 4.33. The Hall–Kier alpha value is -1.82. The molecule has 4 N–H and O–H groups in total. The number of carboxylic acid groups (broad SMARTS) is 1. The number of pyridine rings is 1. The molecule has 0 unspecified atom stereocenters. The van der Waals surface area contributed by atoms with Crippen LogP contribution in [0.4, 0.5) is 11.5 Å². The summed E-state index contributed by atoms with van der Waals surface area (Å²) in [6, 6.07) is 3.20. The number of carboxylic acids is 1. The first-order valence-electron chi connectivity index (χ1n) is 5.98. The van der Waals surface area contributed by atoms with Crippen molar-refractivity contribution in [2.45, 2.75) is 31.9 Å². The highest BCUT2D eigenvalue weighted by Crippen LogP contribution is 2.28. The van der Waals surface area contributed by atoms with Crippen LogP contribution in [0.5, 0.6) is 0 Å². The third-order valence-corrected chi connectivity index (χ3v) is 2.98. The smallest absolute Gasteiger partial charge is 0.354 e. The Labute approximate surface area is 105 Å². The number of nitrogens with one attached hydrogen (secondary N) is 1. The van der Waals surface area contributed by atoms with Crippen molar-refractivity contribution in [2.24, 2.45) is 0 Å². The van der Waals surface area contributed by atoms with Gasteiger partial charge in [-0.25, -0.2) is 9.78 Å². The van der Waals surface area contributed by atoms with Crippen LogP contribution in [0.15, 0.2) is 12.1 Å². The summed E-state index contributed by atoms with van der Waals surface area (Å²) in [5, 5.41) is 12.0. The normalized spacial score (nSPS) is 22.3. The average Bonchev–Trinajstić information content (AvgIpc) is 2.28. The second-order valence-electron chi connectivity index (χ2n) is 4.33. The standard InChI is InChI=1S/C12H17N3O3/c1-2-18-8-5-7(6-8)14-11-9(13)3-4-10(15-11)12(16)17/h3-4,7-8H,2,5-6,13H2,1H3,(H,14,15)(H,16,17). The average molecular weight is 251 g/mol. The minimum atomic E-state index is -1.06. The molecule has 0 aromatic carbocycles. The van der Waals surface area contributed by atoms with E-state index in [2.05, 4.69) is 10.3 Å². The predicted octanol–water partition coefficient (Wildman–Crippen LogP) is 1.34. The van der Waals surface area contributed by atoms with Gasteiger partial charge in [0.15, 0.2) is 5.69 Å². The molecule has 1 aromatic heterocycles. The largest absolute Gasteiger partial charge is 0.477 e. The number of aromatic nitrogens is 1. The van der Waals surface area contributed by atoms with E-state index in [0.29, 0.717) is 18.1 Å². The molecule has 1 heterocycles. The molecule has 6 nitrogen and oxygen atoms in total. The molecular weight excluding hydrogens is 234 g/mol. The third kappa shape index (κ3) is 2.70. The van der Waals surface area contributed by atoms with E-state index < -0.39 is 5.97 Å². The number of nitrogens with zero attached hydrogens (tertiary/aromatic N) is 1. The fourth-order valence-electron chi connectivity index (χ4n) is 1.95. The number of nitrogens with two attached hydrogens (primary N) is 1. The van der Waals surface area contributed by atoms with Crippen LogP contribution in [0.2, 0.25) is 0 Å². The molecule has 0 bridgehead atoms. The Kier molecular flexibility index (Phi) is 3.66. The van der Waals surface area contributed by atoms with Crippen LogP contribution in [0.25, 0.3) is 0 Å². The van der Waals surface area contributed by atoms with Crippen LogP contribution in [-0.4, -0.2) is 34.8 Å². The van der Waals surface area contributed by atoms with E-state index in [4.69, 9.17) is 15.6 Å². The molecular formula is C12H17N3O3. The van der Waals surface area contributed by atoms with E-state index in [1.54, 1.807) is 6.07 Å². The fraction of sp³-hybridized carbons (Fsp3) is 0.500. The molecule has 18 heavy (non-hydrogen) atoms. The molecule has 0 saturated heterocycles. The lowest BCUT2D eigenvalue weighted by Crippen LogP contribution is -2.41. The summed E-state index contributed by atoms with van der Waals surface area (Å²) in [7, 11) is 0. The number of anilines is 2. The number of carbonyl (C=O) groups is 1. The summed E-state index contributed by atoms with van der Waals surface area (Å²) in [4.78, 5) is 14.8. The van der Waals surface area contributed by atoms with Crippen molar-refractivity contribution < 1.29 is 14.6 Å². The van der Waals surface area contributed by atoms with Crippen molar-refractivity contribution in [3.63, 3.8) is 0 Å². The summed E-state index contributed by atoms with van der Waals surface area (Å²) in [5.74, 6) is -0.617. The Bertz CT molecular complexity index is 444. The van der Waals surface area contributed by atoms with Gasteiger partial charge < -0.3 is 20.9 Å². The number of ether oxygens (including phenoxy) is 1. The number of hydrogen-bond acceptors (Lipinski definition) is 5. The summed E-state index contributed by atoms with van der Waals surface area (Å²) < 4.78 is 5.45. The monoisotopic (exact) mass is 251 g/mol. The summed E-state index contributed by atoms with van der Waals surface area (Å²) in [6.07, 6.45) is 2.08. The van der Waals surface area contributed by atoms with Crippen molar-refractivity contribution in [1.82, 2.24) is 4.98 Å². The van der Waals surface area contributed by atoms with Gasteiger partial charge in [-0.15, -0.1) is 0 Å². The summed E-state index contributed by atoms with van der Waals surface area (Å²) in [6.45, 7) is 2.68. The molecule has 1 aromatic rings. The minimum Gasteiger partial charge on any atom is -0.477 e. The van der Waals surface area contributed by atoms with E-state index in [1.807, 2.05) is 6.92 Å². The van der Waals surface area contributed by atoms with Gasteiger partial charge in [0.1, 0.15) is 5.82 Å². The number of nitrogen functional groups attached to an aromatic ring is 1. The van der Waals surface area contributed by atoms with Crippen molar-refractivity contribution in [3.05, 3.63) is 17.8 Å². The van der Waals surface area contributed by atoms with E-state index in [9.17, 15) is 4.79 Å². The van der Waals surface area contributed by atoms with Crippen LogP contribution in [0.1, 0.15) is 30.3 Å². The quantitative estimate of drug-likeness (QED) is 0.730. The minimum absolute atomic E-state index is 0.00705. The van der Waals surface area contributed by atoms with Gasteiger partial charge in [-0.05, 0) is 31.9 Å². The molecule has 1 aliphatic rings. The number of hydrogen-bond donors (Lipinski definition) is 3. The predicted molar refractivity (Wildman–Crippen MR) is 67.7 cm³/mol. The lowest BCUT2D eigenvalue weighted by atomic mass is 9.89. The van der Waals surface area contributed by atoms with Gasteiger partial charge in [0.05, 0.1) is 11.8 Å². The lowest BCUT2D eigenvalue weighted by Gasteiger charge is -2.35. The van der Waals surface area contributed by atoms with Crippen molar-refractivity contribution >= 4 is 17.5 Å². The van der Waals surface area contributed by atoms with Crippen molar-refractivity contribution in [2.75, 3.05) is 17.7 Å². The van der Waals surface area contributed by atoms with Crippen LogP contribution in [-0.2, 0) is 4.74 Å². The van der Waals surface area contributed by atoms with Crippen LogP contribution < -0.4 is 11.1 Å². The maximum atomic E-state index is 10.8. The van der Waals surface area contributed by atoms with E-state index in [0.717, 1.165) is 12.8 Å². The molecule has 2 rings (SSSR count). The zero-order valence-electron chi connectivity index (χ0n) is 10.2. The van der Waals surface area contributed by atoms with Gasteiger partial charge in [0.2, 0.25) is 0 Å². The maximum Gasteiger partial charge on any atom is 0.354 e. The highest BCUT2D eigenvalue weighted by molar-refractivity contribution is 5.86. The molecule has 6 heteroatoms. The van der Waals surface area contributed by atoms with Crippen LogP contribution >= 0.6 is 0 Å². The third-order valence-electron chi connectivity index (χ3n) is 2.98. The Morgan fingerprint density at radius 2 is 2.33 bits per heavy atom. The fourth-order valence-corrected chi connectivity index (χ4v) is 1.95. The molecule has 0 radical (unpaired) electrons. The van der Waals surface area contributed by atoms with E-state index >= 15 is 0 Å². The zero-order valence-corrected chi connectivity index (χ0v) is 10.2. The molecule has 0 spiro atoms. The van der Waals surface area contributed by atoms with Gasteiger partial charge in [0.25, 0.3) is 0 Å². The molecule has 0 atom stereocenters. The SMILES string of the molecule is CCOC1CC(Nc2nc(C(=O)O)ccc2N)C1. The number of aromatic carboxylic acids is 1. The van der Waals surface area contributed by atoms with Gasteiger partial charge in [0, 0.05) is 12.6 Å². The first kappa shape index (κ1) is 12.6. The second kappa shape index (κ2) is 5.22. The molecule has 0 aliphatic heterocycles. The van der Waals surface area contributed by atoms with E-state index in [1.165, 1.54) is 6.07 Å². The molecule has 1 fully saturated rings. The Morgan fingerprint density at radius 1 is 1.61 bits per heavy atom. The zero-order chi connectivity index (χ0) is 13.1. The summed E-state index contributed by atoms with van der Waals surface area (Å²) in [5.41, 5.74) is 6.21. The summed E-state index contributed by atoms with van der Waals surface area (Å²) >= 11 is 0. The molecule has 0 amide bonds. The number of rotatable bonds is 5. The molecule has 1 saturated carbocycles. The van der Waals surface area contributed by atoms with Gasteiger partial charge in [-0.1, -0.05) is 0 Å². The van der Waals surface area contributed by atoms with Gasteiger partial charge in [-0.2, -0.15) is 0 Å². The highest BCUT2D eigenvalue weighted by atomic mass is 16.5. The van der Waals surface area contributed by atoms with Gasteiger partial charge in [-0.3, -0.25) is 0 Å². The molecule has 98 valence electrons. The van der Waals surface area contributed by atoms with Crippen molar-refractivity contribution in [3.8, 4) is 0 Å². The van der Waals surface area contributed by atoms with Crippen LogP contribution in [0, 0.1) is 0 Å². The topological polar surface area (TPSA) is 97.5 Å². The molecule has 1 aliphatic carbocycles. The Morgan fingerprint density at radius 3 is 2.94 bits per heavy atom. The maximum absolute atomic E-state index is 10.8. The lowest BCUT2D eigenvalue weighted by molar-refractivity contribution is 0.00292. The van der Waals surface area contributed by atoms with E-state index in [-0.39, 0.29) is 17.8 Å².